The van der Waals surface area contributed by atoms with Crippen LogP contribution in [0.1, 0.15) is 27.2 Å². The molecular formula is C14H10ClN3O3. The number of hydrogen-bond donors (Lipinski definition) is 1. The molecule has 0 aliphatic rings. The average molecular weight is 304 g/mol. The predicted molar refractivity (Wildman–Crippen MR) is 74.7 cm³/mol. The molecule has 0 aliphatic carbocycles. The van der Waals surface area contributed by atoms with Crippen molar-refractivity contribution in [3.8, 4) is 17.7 Å². The first-order valence-electron chi connectivity index (χ1n) is 5.88. The third-order valence-electron chi connectivity index (χ3n) is 2.92. The second-order valence-corrected chi connectivity index (χ2v) is 4.66. The molecule has 1 aromatic carbocycles. The van der Waals surface area contributed by atoms with Crippen LogP contribution in [0.5, 0.6) is 11.6 Å². The van der Waals surface area contributed by atoms with E-state index in [0.717, 1.165) is 0 Å². The quantitative estimate of drug-likeness (QED) is 0.935. The summed E-state index contributed by atoms with van der Waals surface area (Å²) in [7, 11) is 0. The maximum Gasteiger partial charge on any atom is 0.337 e. The molecule has 2 rings (SSSR count). The fraction of sp³-hybridized carbons (Fsp3) is 0.143. The fourth-order valence-corrected chi connectivity index (χ4v) is 1.83. The van der Waals surface area contributed by atoms with Crippen molar-refractivity contribution in [3.05, 3.63) is 45.6 Å². The topological polar surface area (TPSA) is 96.1 Å². The number of benzene rings is 1. The van der Waals surface area contributed by atoms with Crippen molar-refractivity contribution in [2.45, 2.75) is 13.8 Å². The first-order chi connectivity index (χ1) is 9.93. The zero-order valence-electron chi connectivity index (χ0n) is 11.2. The lowest BCUT2D eigenvalue weighted by Crippen LogP contribution is -2.02. The summed E-state index contributed by atoms with van der Waals surface area (Å²) in [6, 6.07) is 6.17. The standard InChI is InChI=1S/C14H10ClN3O3/c1-7-8(2)17-18-13(11(7)6-16)21-9-3-4-12(15)10(5-9)14(19)20/h3-5H,1-2H3,(H,19,20). The lowest BCUT2D eigenvalue weighted by atomic mass is 10.1. The molecule has 1 heterocycles. The van der Waals surface area contributed by atoms with Gasteiger partial charge in [0.05, 0.1) is 16.3 Å². The van der Waals surface area contributed by atoms with Gasteiger partial charge in [0, 0.05) is 0 Å². The van der Waals surface area contributed by atoms with E-state index in [4.69, 9.17) is 21.4 Å². The van der Waals surface area contributed by atoms with Gasteiger partial charge in [0.2, 0.25) is 0 Å². The van der Waals surface area contributed by atoms with Gasteiger partial charge in [0.25, 0.3) is 5.88 Å². The van der Waals surface area contributed by atoms with Gasteiger partial charge in [0.15, 0.2) is 0 Å². The Morgan fingerprint density at radius 1 is 1.38 bits per heavy atom. The van der Waals surface area contributed by atoms with Gasteiger partial charge in [-0.2, -0.15) is 10.4 Å². The van der Waals surface area contributed by atoms with Crippen LogP contribution in [0, 0.1) is 25.2 Å². The summed E-state index contributed by atoms with van der Waals surface area (Å²) in [5.74, 6) is -0.928. The molecule has 21 heavy (non-hydrogen) atoms. The molecule has 0 amide bonds. The molecule has 1 N–H and O–H groups in total. The number of ether oxygens (including phenoxy) is 1. The Hall–Kier alpha value is -2.65. The maximum atomic E-state index is 11.0. The largest absolute Gasteiger partial charge is 0.478 e. The monoisotopic (exact) mass is 303 g/mol. The van der Waals surface area contributed by atoms with Gasteiger partial charge in [-0.15, -0.1) is 5.10 Å². The minimum atomic E-state index is -1.17. The molecule has 2 aromatic rings. The van der Waals surface area contributed by atoms with Crippen LogP contribution < -0.4 is 4.74 Å². The molecule has 0 spiro atoms. The lowest BCUT2D eigenvalue weighted by molar-refractivity contribution is 0.0696. The SMILES string of the molecule is Cc1nnc(Oc2ccc(Cl)c(C(=O)O)c2)c(C#N)c1C. The summed E-state index contributed by atoms with van der Waals surface area (Å²) in [6.07, 6.45) is 0. The van der Waals surface area contributed by atoms with Crippen LogP contribution in [-0.4, -0.2) is 21.3 Å². The average Bonchev–Trinajstić information content (AvgIpc) is 2.45. The zero-order chi connectivity index (χ0) is 15.6. The van der Waals surface area contributed by atoms with E-state index in [1.54, 1.807) is 13.8 Å². The minimum absolute atomic E-state index is 0.0271. The van der Waals surface area contributed by atoms with E-state index >= 15 is 0 Å². The predicted octanol–water partition coefficient (Wildman–Crippen LogP) is 3.11. The number of aromatic carboxylic acids is 1. The summed E-state index contributed by atoms with van der Waals surface area (Å²) in [4.78, 5) is 11.0. The first kappa shape index (κ1) is 14.8. The number of carboxylic acid groups (broad SMARTS) is 1. The lowest BCUT2D eigenvalue weighted by Gasteiger charge is -2.09. The summed E-state index contributed by atoms with van der Waals surface area (Å²) < 4.78 is 5.46. The van der Waals surface area contributed by atoms with Gasteiger partial charge in [0.1, 0.15) is 17.4 Å². The number of carbonyl (C=O) groups is 1. The van der Waals surface area contributed by atoms with E-state index in [1.807, 2.05) is 6.07 Å². The molecule has 0 unspecified atom stereocenters. The molecule has 0 aliphatic heterocycles. The van der Waals surface area contributed by atoms with E-state index < -0.39 is 5.97 Å². The third kappa shape index (κ3) is 2.93. The second-order valence-electron chi connectivity index (χ2n) is 4.25. The Bertz CT molecular complexity index is 769. The smallest absolute Gasteiger partial charge is 0.337 e. The van der Waals surface area contributed by atoms with Crippen molar-refractivity contribution >= 4 is 17.6 Å². The number of nitriles is 1. The van der Waals surface area contributed by atoms with Crippen molar-refractivity contribution < 1.29 is 14.6 Å². The van der Waals surface area contributed by atoms with Crippen molar-refractivity contribution in [1.29, 1.82) is 5.26 Å². The van der Waals surface area contributed by atoms with Gasteiger partial charge in [-0.25, -0.2) is 4.79 Å². The summed E-state index contributed by atoms with van der Waals surface area (Å²) in [5, 5.41) is 26.0. The normalized spacial score (nSPS) is 10.0. The Labute approximate surface area is 125 Å². The molecule has 106 valence electrons. The number of carboxylic acids is 1. The molecule has 7 heteroatoms. The van der Waals surface area contributed by atoms with Crippen LogP contribution in [-0.2, 0) is 0 Å². The molecule has 0 fully saturated rings. The Balaban J connectivity index is 2.44. The molecule has 6 nitrogen and oxygen atoms in total. The maximum absolute atomic E-state index is 11.0. The van der Waals surface area contributed by atoms with E-state index in [9.17, 15) is 10.1 Å². The van der Waals surface area contributed by atoms with Crippen LogP contribution in [0.3, 0.4) is 0 Å². The van der Waals surface area contributed by atoms with Crippen LogP contribution in [0.15, 0.2) is 18.2 Å². The zero-order valence-corrected chi connectivity index (χ0v) is 12.0. The molecule has 0 saturated heterocycles. The van der Waals surface area contributed by atoms with E-state index in [2.05, 4.69) is 10.2 Å². The third-order valence-corrected chi connectivity index (χ3v) is 3.25. The van der Waals surface area contributed by atoms with Crippen LogP contribution >= 0.6 is 11.6 Å². The van der Waals surface area contributed by atoms with E-state index in [-0.39, 0.29) is 27.8 Å². The van der Waals surface area contributed by atoms with Gasteiger partial charge < -0.3 is 9.84 Å². The fourth-order valence-electron chi connectivity index (χ4n) is 1.63. The molecule has 1 aromatic heterocycles. The molecule has 0 radical (unpaired) electrons. The van der Waals surface area contributed by atoms with Crippen LogP contribution in [0.4, 0.5) is 0 Å². The number of aryl methyl sites for hydroxylation is 1. The van der Waals surface area contributed by atoms with Gasteiger partial charge in [-0.1, -0.05) is 11.6 Å². The van der Waals surface area contributed by atoms with E-state index in [1.165, 1.54) is 18.2 Å². The molecular weight excluding hydrogens is 294 g/mol. The number of hydrogen-bond acceptors (Lipinski definition) is 5. The number of halogens is 1. The Morgan fingerprint density at radius 2 is 2.10 bits per heavy atom. The van der Waals surface area contributed by atoms with Crippen LogP contribution in [0.25, 0.3) is 0 Å². The minimum Gasteiger partial charge on any atom is -0.478 e. The van der Waals surface area contributed by atoms with Crippen molar-refractivity contribution in [3.63, 3.8) is 0 Å². The highest BCUT2D eigenvalue weighted by Crippen LogP contribution is 2.28. The highest BCUT2D eigenvalue weighted by molar-refractivity contribution is 6.33. The summed E-state index contributed by atoms with van der Waals surface area (Å²) in [6.45, 7) is 3.47. The highest BCUT2D eigenvalue weighted by atomic mass is 35.5. The number of rotatable bonds is 3. The molecule has 0 atom stereocenters. The summed E-state index contributed by atoms with van der Waals surface area (Å²) in [5.41, 5.74) is 1.45. The Kier molecular flexibility index (Phi) is 4.05. The Morgan fingerprint density at radius 3 is 2.71 bits per heavy atom. The van der Waals surface area contributed by atoms with Crippen molar-refractivity contribution in [1.82, 2.24) is 10.2 Å². The highest BCUT2D eigenvalue weighted by Gasteiger charge is 2.15. The van der Waals surface area contributed by atoms with Gasteiger partial charge in [-0.05, 0) is 37.6 Å². The summed E-state index contributed by atoms with van der Waals surface area (Å²) >= 11 is 5.78. The van der Waals surface area contributed by atoms with Gasteiger partial charge >= 0.3 is 5.97 Å². The number of aromatic nitrogens is 2. The van der Waals surface area contributed by atoms with Crippen LogP contribution in [0.2, 0.25) is 5.02 Å². The molecule has 0 bridgehead atoms. The molecule has 0 saturated carbocycles. The second kappa shape index (κ2) is 5.77. The first-order valence-corrected chi connectivity index (χ1v) is 6.26. The van der Waals surface area contributed by atoms with Crippen molar-refractivity contribution in [2.75, 3.05) is 0 Å². The number of nitrogens with zero attached hydrogens (tertiary/aromatic N) is 3. The van der Waals surface area contributed by atoms with Crippen molar-refractivity contribution in [2.24, 2.45) is 0 Å². The van der Waals surface area contributed by atoms with E-state index in [0.29, 0.717) is 11.3 Å². The van der Waals surface area contributed by atoms with Gasteiger partial charge in [-0.3, -0.25) is 0 Å².